The standard InChI is InChI=1S/C19H24N6O.HI/c1-2-21-19(22-9-8-18-7-4-10-26-18)23-12-16-5-3-6-17(11-16)13-25-15-20-14-24-25;/h3-7,10-11,14-15H,2,8-9,12-13H2,1H3,(H2,21,22,23);1H. The van der Waals surface area contributed by atoms with Crippen LogP contribution in [0.2, 0.25) is 0 Å². The number of guanidine groups is 1. The van der Waals surface area contributed by atoms with Crippen molar-refractivity contribution in [3.63, 3.8) is 0 Å². The van der Waals surface area contributed by atoms with Crippen molar-refractivity contribution < 1.29 is 4.42 Å². The fourth-order valence-electron chi connectivity index (χ4n) is 2.60. The van der Waals surface area contributed by atoms with E-state index in [1.807, 2.05) is 22.9 Å². The second-order valence-electron chi connectivity index (χ2n) is 5.86. The molecule has 7 nitrogen and oxygen atoms in total. The number of nitrogens with zero attached hydrogens (tertiary/aromatic N) is 4. The van der Waals surface area contributed by atoms with E-state index in [2.05, 4.69) is 50.8 Å². The Morgan fingerprint density at radius 1 is 1.19 bits per heavy atom. The lowest BCUT2D eigenvalue weighted by Crippen LogP contribution is -2.38. The molecule has 0 aliphatic heterocycles. The summed E-state index contributed by atoms with van der Waals surface area (Å²) in [6.45, 7) is 4.97. The third kappa shape index (κ3) is 7.05. The molecule has 0 fully saturated rings. The summed E-state index contributed by atoms with van der Waals surface area (Å²) in [5.41, 5.74) is 2.34. The first-order chi connectivity index (χ1) is 12.8. The predicted octanol–water partition coefficient (Wildman–Crippen LogP) is 2.84. The fourth-order valence-corrected chi connectivity index (χ4v) is 2.60. The largest absolute Gasteiger partial charge is 0.469 e. The number of benzene rings is 1. The second kappa shape index (κ2) is 11.4. The average Bonchev–Trinajstić information content (AvgIpc) is 3.34. The van der Waals surface area contributed by atoms with Crippen LogP contribution >= 0.6 is 24.0 Å². The van der Waals surface area contributed by atoms with Crippen LogP contribution in [-0.2, 0) is 19.5 Å². The highest BCUT2D eigenvalue weighted by Crippen LogP contribution is 2.08. The van der Waals surface area contributed by atoms with Gasteiger partial charge in [-0.2, -0.15) is 5.10 Å². The number of aliphatic imine (C=N–C) groups is 1. The molecule has 0 bridgehead atoms. The Balaban J connectivity index is 0.00000261. The Labute approximate surface area is 176 Å². The van der Waals surface area contributed by atoms with Crippen LogP contribution in [0.1, 0.15) is 23.8 Å². The first-order valence-corrected chi connectivity index (χ1v) is 8.78. The SMILES string of the molecule is CCNC(=NCc1cccc(Cn2cncn2)c1)NCCc1ccco1.I. The van der Waals surface area contributed by atoms with Gasteiger partial charge < -0.3 is 15.1 Å². The summed E-state index contributed by atoms with van der Waals surface area (Å²) in [5, 5.41) is 10.8. The third-order valence-corrected chi connectivity index (χ3v) is 3.81. The van der Waals surface area contributed by atoms with E-state index < -0.39 is 0 Å². The Morgan fingerprint density at radius 3 is 2.81 bits per heavy atom. The second-order valence-corrected chi connectivity index (χ2v) is 5.86. The fraction of sp³-hybridized carbons (Fsp3) is 0.316. The molecule has 1 aromatic carbocycles. The Hall–Kier alpha value is -2.36. The van der Waals surface area contributed by atoms with Gasteiger partial charge in [0.15, 0.2) is 5.96 Å². The number of nitrogens with one attached hydrogen (secondary N) is 2. The summed E-state index contributed by atoms with van der Waals surface area (Å²) >= 11 is 0. The molecule has 0 aliphatic rings. The molecule has 0 aliphatic carbocycles. The first kappa shape index (κ1) is 20.9. The van der Waals surface area contributed by atoms with Crippen molar-refractivity contribution in [2.75, 3.05) is 13.1 Å². The summed E-state index contributed by atoms with van der Waals surface area (Å²) in [4.78, 5) is 8.64. The van der Waals surface area contributed by atoms with Crippen LogP contribution in [-0.4, -0.2) is 33.8 Å². The summed E-state index contributed by atoms with van der Waals surface area (Å²) in [6.07, 6.45) is 5.79. The third-order valence-electron chi connectivity index (χ3n) is 3.81. The summed E-state index contributed by atoms with van der Waals surface area (Å²) in [5.74, 6) is 1.77. The van der Waals surface area contributed by atoms with E-state index in [4.69, 9.17) is 4.42 Å². The zero-order valence-corrected chi connectivity index (χ0v) is 17.7. The van der Waals surface area contributed by atoms with Crippen molar-refractivity contribution in [3.8, 4) is 0 Å². The van der Waals surface area contributed by atoms with E-state index in [9.17, 15) is 0 Å². The van der Waals surface area contributed by atoms with Gasteiger partial charge in [-0.15, -0.1) is 24.0 Å². The van der Waals surface area contributed by atoms with Crippen molar-refractivity contribution in [1.29, 1.82) is 0 Å². The number of hydrogen-bond acceptors (Lipinski definition) is 4. The number of halogens is 1. The Bertz CT molecular complexity index is 801. The highest BCUT2D eigenvalue weighted by Gasteiger charge is 2.01. The Kier molecular flexibility index (Phi) is 8.82. The van der Waals surface area contributed by atoms with Crippen molar-refractivity contribution in [1.82, 2.24) is 25.4 Å². The van der Waals surface area contributed by atoms with Gasteiger partial charge in [-0.3, -0.25) is 0 Å². The minimum atomic E-state index is 0. The van der Waals surface area contributed by atoms with Crippen LogP contribution in [0.5, 0.6) is 0 Å². The topological polar surface area (TPSA) is 80.3 Å². The van der Waals surface area contributed by atoms with Gasteiger partial charge in [-0.1, -0.05) is 24.3 Å². The number of aromatic nitrogens is 3. The molecular weight excluding hydrogens is 455 g/mol. The van der Waals surface area contributed by atoms with E-state index in [-0.39, 0.29) is 24.0 Å². The predicted molar refractivity (Wildman–Crippen MR) is 116 cm³/mol. The molecule has 0 unspecified atom stereocenters. The van der Waals surface area contributed by atoms with Gasteiger partial charge in [0, 0.05) is 19.5 Å². The first-order valence-electron chi connectivity index (χ1n) is 8.78. The van der Waals surface area contributed by atoms with Crippen molar-refractivity contribution in [2.24, 2.45) is 4.99 Å². The van der Waals surface area contributed by atoms with Crippen LogP contribution in [0.3, 0.4) is 0 Å². The van der Waals surface area contributed by atoms with Gasteiger partial charge in [0.25, 0.3) is 0 Å². The molecule has 2 aromatic heterocycles. The van der Waals surface area contributed by atoms with Gasteiger partial charge in [-0.25, -0.2) is 14.7 Å². The van der Waals surface area contributed by atoms with E-state index in [1.54, 1.807) is 18.9 Å². The molecule has 2 N–H and O–H groups in total. The zero-order valence-electron chi connectivity index (χ0n) is 15.3. The number of hydrogen-bond donors (Lipinski definition) is 2. The molecule has 0 saturated heterocycles. The minimum absolute atomic E-state index is 0. The normalized spacial score (nSPS) is 11.1. The van der Waals surface area contributed by atoms with Gasteiger partial charge in [0.1, 0.15) is 18.4 Å². The van der Waals surface area contributed by atoms with Crippen molar-refractivity contribution in [3.05, 3.63) is 72.2 Å². The molecule has 3 aromatic rings. The zero-order chi connectivity index (χ0) is 18.0. The molecular formula is C19H25IN6O. The van der Waals surface area contributed by atoms with Crippen LogP contribution < -0.4 is 10.6 Å². The number of furan rings is 1. The van der Waals surface area contributed by atoms with Gasteiger partial charge in [0.2, 0.25) is 0 Å². The van der Waals surface area contributed by atoms with Gasteiger partial charge >= 0.3 is 0 Å². The summed E-state index contributed by atoms with van der Waals surface area (Å²) in [6, 6.07) is 12.3. The molecule has 3 rings (SSSR count). The van der Waals surface area contributed by atoms with Crippen LogP contribution in [0, 0.1) is 0 Å². The molecule has 0 atom stereocenters. The van der Waals surface area contributed by atoms with Gasteiger partial charge in [-0.05, 0) is 30.2 Å². The molecule has 0 saturated carbocycles. The molecule has 0 spiro atoms. The maximum absolute atomic E-state index is 5.35. The summed E-state index contributed by atoms with van der Waals surface area (Å²) < 4.78 is 7.16. The lowest BCUT2D eigenvalue weighted by molar-refractivity contribution is 0.507. The quantitative estimate of drug-likeness (QED) is 0.295. The average molecular weight is 480 g/mol. The monoisotopic (exact) mass is 480 g/mol. The molecule has 2 heterocycles. The van der Waals surface area contributed by atoms with Crippen molar-refractivity contribution in [2.45, 2.75) is 26.4 Å². The van der Waals surface area contributed by atoms with E-state index in [0.717, 1.165) is 36.8 Å². The Morgan fingerprint density at radius 2 is 2.07 bits per heavy atom. The van der Waals surface area contributed by atoms with Crippen LogP contribution in [0.25, 0.3) is 0 Å². The maximum atomic E-state index is 5.35. The van der Waals surface area contributed by atoms with Crippen LogP contribution in [0.4, 0.5) is 0 Å². The highest BCUT2D eigenvalue weighted by atomic mass is 127. The van der Waals surface area contributed by atoms with E-state index >= 15 is 0 Å². The van der Waals surface area contributed by atoms with Crippen LogP contribution in [0.15, 0.2) is 64.7 Å². The van der Waals surface area contributed by atoms with E-state index in [0.29, 0.717) is 13.1 Å². The maximum Gasteiger partial charge on any atom is 0.191 e. The molecule has 144 valence electrons. The lowest BCUT2D eigenvalue weighted by Gasteiger charge is -2.11. The van der Waals surface area contributed by atoms with Gasteiger partial charge in [0.05, 0.1) is 19.4 Å². The molecule has 27 heavy (non-hydrogen) atoms. The smallest absolute Gasteiger partial charge is 0.191 e. The van der Waals surface area contributed by atoms with Crippen molar-refractivity contribution >= 4 is 29.9 Å². The molecule has 8 heteroatoms. The number of rotatable bonds is 8. The lowest BCUT2D eigenvalue weighted by atomic mass is 10.1. The highest BCUT2D eigenvalue weighted by molar-refractivity contribution is 14.0. The minimum Gasteiger partial charge on any atom is -0.469 e. The summed E-state index contributed by atoms with van der Waals surface area (Å²) in [7, 11) is 0. The molecule has 0 amide bonds. The molecule has 0 radical (unpaired) electrons. The van der Waals surface area contributed by atoms with E-state index in [1.165, 1.54) is 5.56 Å².